The van der Waals surface area contributed by atoms with Gasteiger partial charge in [0.25, 0.3) is 5.69 Å². The molecule has 3 aromatic rings. The van der Waals surface area contributed by atoms with Crippen molar-refractivity contribution in [3.63, 3.8) is 0 Å². The molecule has 0 aliphatic carbocycles. The van der Waals surface area contributed by atoms with E-state index in [1.165, 1.54) is 6.07 Å². The number of methoxy groups -OCH3 is 1. The zero-order valence-electron chi connectivity index (χ0n) is 11.4. The lowest BCUT2D eigenvalue weighted by atomic mass is 9.96. The molecule has 0 fully saturated rings. The Balaban J connectivity index is 2.39. The van der Waals surface area contributed by atoms with Crippen LogP contribution < -0.4 is 4.74 Å². The molecule has 0 spiro atoms. The van der Waals surface area contributed by atoms with Gasteiger partial charge in [-0.1, -0.05) is 42.5 Å². The normalized spacial score (nSPS) is 10.5. The second-order valence-electron chi connectivity index (χ2n) is 4.64. The summed E-state index contributed by atoms with van der Waals surface area (Å²) in [5.41, 5.74) is 1.49. The summed E-state index contributed by atoms with van der Waals surface area (Å²) in [6.07, 6.45) is 0. The minimum atomic E-state index is -0.358. The van der Waals surface area contributed by atoms with Crippen LogP contribution in [0.15, 0.2) is 60.7 Å². The third kappa shape index (κ3) is 2.21. The highest BCUT2D eigenvalue weighted by atomic mass is 16.6. The Morgan fingerprint density at radius 2 is 1.57 bits per heavy atom. The van der Waals surface area contributed by atoms with Crippen molar-refractivity contribution < 1.29 is 9.66 Å². The Hall–Kier alpha value is -2.88. The third-order valence-corrected chi connectivity index (χ3v) is 3.48. The number of ether oxygens (including phenoxy) is 1. The molecule has 4 heteroatoms. The van der Waals surface area contributed by atoms with Gasteiger partial charge in [0.15, 0.2) is 0 Å². The fourth-order valence-electron chi connectivity index (χ4n) is 2.56. The number of nitrogens with zero attached hydrogens (tertiary/aromatic N) is 1. The van der Waals surface area contributed by atoms with Crippen LogP contribution >= 0.6 is 0 Å². The molecule has 3 aromatic carbocycles. The number of benzene rings is 3. The van der Waals surface area contributed by atoms with Crippen LogP contribution in [0.2, 0.25) is 0 Å². The highest BCUT2D eigenvalue weighted by Gasteiger charge is 2.17. The number of nitro benzene ring substituents is 1. The van der Waals surface area contributed by atoms with Crippen molar-refractivity contribution in [3.05, 3.63) is 70.8 Å². The van der Waals surface area contributed by atoms with Crippen molar-refractivity contribution in [1.82, 2.24) is 0 Å². The van der Waals surface area contributed by atoms with E-state index in [0.717, 1.165) is 16.3 Å². The lowest BCUT2D eigenvalue weighted by Gasteiger charge is -2.11. The molecule has 3 rings (SSSR count). The van der Waals surface area contributed by atoms with E-state index < -0.39 is 0 Å². The fourth-order valence-corrected chi connectivity index (χ4v) is 2.56. The van der Waals surface area contributed by atoms with Gasteiger partial charge in [0.1, 0.15) is 5.75 Å². The molecule has 0 N–H and O–H groups in total. The molecule has 4 nitrogen and oxygen atoms in total. The molecule has 0 radical (unpaired) electrons. The summed E-state index contributed by atoms with van der Waals surface area (Å²) in [7, 11) is 1.60. The molecule has 0 saturated carbocycles. The fraction of sp³-hybridized carbons (Fsp3) is 0.0588. The van der Waals surface area contributed by atoms with Crippen molar-refractivity contribution in [1.29, 1.82) is 0 Å². The minimum absolute atomic E-state index is 0.0934. The first kappa shape index (κ1) is 13.1. The van der Waals surface area contributed by atoms with Crippen LogP contribution in [0.4, 0.5) is 5.69 Å². The third-order valence-electron chi connectivity index (χ3n) is 3.48. The highest BCUT2D eigenvalue weighted by molar-refractivity contribution is 6.02. The maximum atomic E-state index is 11.3. The predicted molar refractivity (Wildman–Crippen MR) is 82.6 cm³/mol. The Morgan fingerprint density at radius 1 is 0.905 bits per heavy atom. The van der Waals surface area contributed by atoms with Crippen LogP contribution in [0, 0.1) is 10.1 Å². The summed E-state index contributed by atoms with van der Waals surface area (Å²) in [5.74, 6) is 0.709. The molecule has 104 valence electrons. The van der Waals surface area contributed by atoms with Crippen molar-refractivity contribution in [2.75, 3.05) is 7.11 Å². The molecule has 0 aromatic heterocycles. The average Bonchev–Trinajstić information content (AvgIpc) is 2.53. The van der Waals surface area contributed by atoms with Gasteiger partial charge in [-0.15, -0.1) is 0 Å². The topological polar surface area (TPSA) is 52.4 Å². The van der Waals surface area contributed by atoms with E-state index in [1.54, 1.807) is 25.3 Å². The van der Waals surface area contributed by atoms with E-state index in [-0.39, 0.29) is 10.6 Å². The Kier molecular flexibility index (Phi) is 3.28. The van der Waals surface area contributed by atoms with Gasteiger partial charge in [0, 0.05) is 17.0 Å². The zero-order chi connectivity index (χ0) is 14.8. The van der Waals surface area contributed by atoms with Gasteiger partial charge < -0.3 is 4.74 Å². The quantitative estimate of drug-likeness (QED) is 0.526. The Morgan fingerprint density at radius 3 is 2.29 bits per heavy atom. The molecule has 0 unspecified atom stereocenters. The second kappa shape index (κ2) is 5.25. The summed E-state index contributed by atoms with van der Waals surface area (Å²) < 4.78 is 5.42. The zero-order valence-corrected chi connectivity index (χ0v) is 11.4. The van der Waals surface area contributed by atoms with Crippen LogP contribution in [-0.2, 0) is 0 Å². The van der Waals surface area contributed by atoms with Gasteiger partial charge in [-0.2, -0.15) is 0 Å². The van der Waals surface area contributed by atoms with Gasteiger partial charge in [-0.3, -0.25) is 10.1 Å². The standard InChI is InChI=1S/C17H13NO3/c1-21-16-11-5-7-12-6-4-9-14(17(12)16)13-8-2-3-10-15(13)18(19)20/h2-11H,1H3. The second-order valence-corrected chi connectivity index (χ2v) is 4.64. The summed E-state index contributed by atoms with van der Waals surface area (Å²) in [5, 5.41) is 13.1. The molecule has 21 heavy (non-hydrogen) atoms. The monoisotopic (exact) mass is 279 g/mol. The van der Waals surface area contributed by atoms with Gasteiger partial charge in [-0.05, 0) is 17.5 Å². The lowest BCUT2D eigenvalue weighted by molar-refractivity contribution is -0.384. The van der Waals surface area contributed by atoms with Gasteiger partial charge in [-0.25, -0.2) is 0 Å². The number of hydrogen-bond donors (Lipinski definition) is 0. The van der Waals surface area contributed by atoms with Crippen LogP contribution in [0.5, 0.6) is 5.75 Å². The number of para-hydroxylation sites is 1. The molecule has 0 bridgehead atoms. The van der Waals surface area contributed by atoms with Crippen molar-refractivity contribution in [3.8, 4) is 16.9 Å². The van der Waals surface area contributed by atoms with Crippen LogP contribution in [-0.4, -0.2) is 12.0 Å². The van der Waals surface area contributed by atoms with Gasteiger partial charge in [0.05, 0.1) is 17.6 Å². The Labute approximate surface area is 121 Å². The molecule has 0 saturated heterocycles. The van der Waals surface area contributed by atoms with E-state index in [4.69, 9.17) is 4.74 Å². The summed E-state index contributed by atoms with van der Waals surface area (Å²) in [6, 6.07) is 18.2. The molecular formula is C17H13NO3. The first-order valence-corrected chi connectivity index (χ1v) is 6.52. The van der Waals surface area contributed by atoms with E-state index in [0.29, 0.717) is 11.3 Å². The SMILES string of the molecule is COc1cccc2cccc(-c3ccccc3[N+](=O)[O-])c12. The summed E-state index contributed by atoms with van der Waals surface area (Å²) in [6.45, 7) is 0. The van der Waals surface area contributed by atoms with Gasteiger partial charge in [0.2, 0.25) is 0 Å². The molecule has 0 atom stereocenters. The van der Waals surface area contributed by atoms with E-state index >= 15 is 0 Å². The minimum Gasteiger partial charge on any atom is -0.496 e. The predicted octanol–water partition coefficient (Wildman–Crippen LogP) is 4.42. The number of hydrogen-bond acceptors (Lipinski definition) is 3. The van der Waals surface area contributed by atoms with Crippen LogP contribution in [0.1, 0.15) is 0 Å². The van der Waals surface area contributed by atoms with Crippen molar-refractivity contribution in [2.45, 2.75) is 0 Å². The van der Waals surface area contributed by atoms with Crippen LogP contribution in [0.3, 0.4) is 0 Å². The van der Waals surface area contributed by atoms with Crippen molar-refractivity contribution in [2.24, 2.45) is 0 Å². The maximum absolute atomic E-state index is 11.3. The average molecular weight is 279 g/mol. The number of fused-ring (bicyclic) bond motifs is 1. The Bertz CT molecular complexity index is 822. The maximum Gasteiger partial charge on any atom is 0.277 e. The molecule has 0 aliphatic rings. The summed E-state index contributed by atoms with van der Waals surface area (Å²) >= 11 is 0. The first-order chi connectivity index (χ1) is 10.2. The smallest absolute Gasteiger partial charge is 0.277 e. The molecular weight excluding hydrogens is 266 g/mol. The largest absolute Gasteiger partial charge is 0.496 e. The molecule has 0 amide bonds. The number of nitro groups is 1. The van der Waals surface area contributed by atoms with E-state index in [2.05, 4.69) is 0 Å². The molecule has 0 aliphatic heterocycles. The molecule has 0 heterocycles. The first-order valence-electron chi connectivity index (χ1n) is 6.52. The van der Waals surface area contributed by atoms with Crippen LogP contribution in [0.25, 0.3) is 21.9 Å². The van der Waals surface area contributed by atoms with E-state index in [1.807, 2.05) is 36.4 Å². The van der Waals surface area contributed by atoms with Gasteiger partial charge >= 0.3 is 0 Å². The van der Waals surface area contributed by atoms with Crippen molar-refractivity contribution >= 4 is 16.5 Å². The lowest BCUT2D eigenvalue weighted by Crippen LogP contribution is -1.93. The van der Waals surface area contributed by atoms with E-state index in [9.17, 15) is 10.1 Å². The highest BCUT2D eigenvalue weighted by Crippen LogP contribution is 2.38. The summed E-state index contributed by atoms with van der Waals surface area (Å²) in [4.78, 5) is 10.9. The number of rotatable bonds is 3.